The average molecular weight is 1770 g/mol. The van der Waals surface area contributed by atoms with Crippen LogP contribution in [0.2, 0.25) is 0 Å². The highest BCUT2D eigenvalue weighted by Gasteiger charge is 2.40. The van der Waals surface area contributed by atoms with Crippen molar-refractivity contribution in [3.63, 3.8) is 0 Å². The summed E-state index contributed by atoms with van der Waals surface area (Å²) in [5, 5.41) is 4.51. The zero-order chi connectivity index (χ0) is 90.4. The molecule has 14 aromatic rings. The molecule has 21 rings (SSSR count). The van der Waals surface area contributed by atoms with E-state index in [-0.39, 0.29) is 24.2 Å². The molecule has 27 heteroatoms. The summed E-state index contributed by atoms with van der Waals surface area (Å²) in [6.07, 6.45) is 31.8. The molecule has 20 heterocycles. The quantitative estimate of drug-likeness (QED) is 0.0842. The van der Waals surface area contributed by atoms with Gasteiger partial charge >= 0.3 is 6.18 Å². The predicted molar refractivity (Wildman–Crippen MR) is 514 cm³/mol. The molecule has 0 amide bonds. The maximum Gasteiger partial charge on any atom is 0.401 e. The van der Waals surface area contributed by atoms with Gasteiger partial charge in [-0.2, -0.15) is 18.3 Å². The third-order valence-electron chi connectivity index (χ3n) is 29.0. The lowest BCUT2D eigenvalue weighted by molar-refractivity contribution is -0.146. The number of imidazole rings is 4. The summed E-state index contributed by atoms with van der Waals surface area (Å²) in [4.78, 5) is 63.0. The van der Waals surface area contributed by atoms with Gasteiger partial charge in [-0.15, -0.1) is 0 Å². The van der Waals surface area contributed by atoms with Crippen molar-refractivity contribution in [2.24, 2.45) is 0 Å². The lowest BCUT2D eigenvalue weighted by Crippen LogP contribution is -2.49. The molecule has 13 aromatic heterocycles. The number of rotatable bonds is 17. The first-order chi connectivity index (χ1) is 63.8. The predicted octanol–water partition coefficient (Wildman–Crippen LogP) is 18.9. The summed E-state index contributed by atoms with van der Waals surface area (Å²) in [6.45, 7) is 27.3. The molecule has 0 spiro atoms. The van der Waals surface area contributed by atoms with Crippen molar-refractivity contribution < 1.29 is 13.2 Å². The van der Waals surface area contributed by atoms with E-state index in [0.717, 1.165) is 181 Å². The van der Waals surface area contributed by atoms with Crippen molar-refractivity contribution in [1.82, 2.24) is 102 Å². The third kappa shape index (κ3) is 19.9. The second kappa shape index (κ2) is 40.4. The van der Waals surface area contributed by atoms with Gasteiger partial charge in [0.15, 0.2) is 0 Å². The minimum absolute atomic E-state index is 0.191. The minimum Gasteiger partial charge on any atom is -0.355 e. The monoisotopic (exact) mass is 1770 g/mol. The van der Waals surface area contributed by atoms with Crippen LogP contribution in [0.15, 0.2) is 220 Å². The van der Waals surface area contributed by atoms with Gasteiger partial charge in [-0.3, -0.25) is 62.5 Å². The number of para-hydroxylation sites is 1. The Bertz CT molecular complexity index is 6080. The average Bonchev–Trinajstić information content (AvgIpc) is 1.64. The van der Waals surface area contributed by atoms with Gasteiger partial charge in [0.25, 0.3) is 0 Å². The van der Waals surface area contributed by atoms with Crippen LogP contribution in [-0.4, -0.2) is 227 Å². The lowest BCUT2D eigenvalue weighted by atomic mass is 9.89. The third-order valence-corrected chi connectivity index (χ3v) is 29.0. The number of nitrogens with zero attached hydrogens (tertiary/aromatic N) is 24. The zero-order valence-corrected chi connectivity index (χ0v) is 77.9. The summed E-state index contributed by atoms with van der Waals surface area (Å²) < 4.78 is 49.1. The van der Waals surface area contributed by atoms with E-state index in [4.69, 9.17) is 34.9 Å². The van der Waals surface area contributed by atoms with E-state index < -0.39 is 12.7 Å². The maximum absolute atomic E-state index is 12.8. The fraction of sp³-hybridized carbons (Fsp3) is 0.452. The molecule has 0 N–H and O–H groups in total. The molecule has 7 saturated heterocycles. The molecule has 8 atom stereocenters. The number of anilines is 3. The molecule has 1 aromatic carbocycles. The first kappa shape index (κ1) is 90.3. The van der Waals surface area contributed by atoms with E-state index in [1.54, 1.807) is 0 Å². The van der Waals surface area contributed by atoms with Crippen LogP contribution in [-0.2, 0) is 6.54 Å². The van der Waals surface area contributed by atoms with Crippen molar-refractivity contribution in [2.45, 2.75) is 193 Å². The summed E-state index contributed by atoms with van der Waals surface area (Å²) in [5.74, 6) is 3.52. The lowest BCUT2D eigenvalue weighted by Gasteiger charge is -2.42. The maximum atomic E-state index is 12.8. The van der Waals surface area contributed by atoms with Crippen LogP contribution >= 0.6 is 0 Å². The Hall–Kier alpha value is -11.3. The van der Waals surface area contributed by atoms with Crippen molar-refractivity contribution in [3.05, 3.63) is 293 Å². The first-order valence-corrected chi connectivity index (χ1v) is 47.8. The van der Waals surface area contributed by atoms with Crippen LogP contribution in [0, 0.1) is 27.7 Å². The number of piperazine rings is 3. The number of hydrogen-bond acceptors (Lipinski definition) is 19. The number of pyridine rings is 8. The van der Waals surface area contributed by atoms with E-state index in [0.29, 0.717) is 56.4 Å². The van der Waals surface area contributed by atoms with E-state index in [1.165, 1.54) is 85.7 Å². The molecule has 7 aliphatic heterocycles. The molecule has 131 heavy (non-hydrogen) atoms. The van der Waals surface area contributed by atoms with Gasteiger partial charge in [0.2, 0.25) is 0 Å². The molecule has 24 nitrogen and oxygen atoms in total. The van der Waals surface area contributed by atoms with Crippen molar-refractivity contribution >= 4 is 40.0 Å². The Kier molecular flexibility index (Phi) is 27.8. The van der Waals surface area contributed by atoms with E-state index in [2.05, 4.69) is 269 Å². The SMILES string of the molecule is CCN1CCN(c2cccc3nc([C@H]4CCC[C@@H](c5ncccc5C)N4C)cn23)CC1.Cc1cccnc1[C@@H]1CCC[C@H](c2cn3c(N4CCN(C(C)C)CC4)cccc3n2)N1C.Cc1cccnc1[C@@H]1CCC[C@H](c2cn3c(N4CCN(CC(F)(F)F)CC4)cccc3n2)N1C.Cc1cccnc1[C@@H]1CCC[C@H](c2cn3ccccc3n2)N1Cc1ccccc1-n1cccn1. The van der Waals surface area contributed by atoms with Gasteiger partial charge in [0, 0.05) is 159 Å². The second-order valence-corrected chi connectivity index (χ2v) is 37.3. The van der Waals surface area contributed by atoms with E-state index in [1.807, 2.05) is 96.5 Å². The molecule has 0 unspecified atom stereocenters. The minimum atomic E-state index is -4.15. The number of aryl methyl sites for hydroxylation is 4. The van der Waals surface area contributed by atoms with Crippen molar-refractivity contribution in [1.29, 1.82) is 0 Å². The highest BCUT2D eigenvalue weighted by Crippen LogP contribution is 2.47. The van der Waals surface area contributed by atoms with Crippen LogP contribution in [0.25, 0.3) is 28.3 Å². The van der Waals surface area contributed by atoms with Gasteiger partial charge in [-0.25, -0.2) is 24.6 Å². The number of hydrogen-bond donors (Lipinski definition) is 0. The largest absolute Gasteiger partial charge is 0.401 e. The number of fused-ring (bicyclic) bond motifs is 4. The highest BCUT2D eigenvalue weighted by molar-refractivity contribution is 5.56. The number of alkyl halides is 3. The fourth-order valence-electron chi connectivity index (χ4n) is 21.8. The Labute approximate surface area is 769 Å². The molecule has 0 bridgehead atoms. The zero-order valence-electron chi connectivity index (χ0n) is 77.9. The molecular formula is C104H129F3N24. The molecular weight excluding hydrogens is 1640 g/mol. The van der Waals surface area contributed by atoms with Gasteiger partial charge in [0.05, 0.1) is 106 Å². The molecule has 0 radical (unpaired) electrons. The summed E-state index contributed by atoms with van der Waals surface area (Å²) in [6, 6.07) is 55.3. The number of likely N-dealkylation sites (tertiary alicyclic amines) is 4. The highest BCUT2D eigenvalue weighted by atomic mass is 19.4. The number of likely N-dealkylation sites (N-methyl/N-ethyl adjacent to an activating group) is 1. The second-order valence-electron chi connectivity index (χ2n) is 37.3. The van der Waals surface area contributed by atoms with Crippen LogP contribution in [0.4, 0.5) is 30.6 Å². The number of halogens is 3. The van der Waals surface area contributed by atoms with Gasteiger partial charge in [-0.1, -0.05) is 73.7 Å². The molecule has 7 fully saturated rings. The van der Waals surface area contributed by atoms with Crippen LogP contribution in [0.5, 0.6) is 0 Å². The van der Waals surface area contributed by atoms with Crippen molar-refractivity contribution in [3.8, 4) is 5.69 Å². The summed E-state index contributed by atoms with van der Waals surface area (Å²) in [7, 11) is 6.66. The Balaban J connectivity index is 0.000000117. The van der Waals surface area contributed by atoms with Gasteiger partial charge in [-0.05, 0) is 259 Å². The van der Waals surface area contributed by atoms with E-state index in [9.17, 15) is 13.2 Å². The van der Waals surface area contributed by atoms with Crippen molar-refractivity contribution in [2.75, 3.05) is 127 Å². The fourth-order valence-corrected chi connectivity index (χ4v) is 21.8. The Morgan fingerprint density at radius 2 is 0.748 bits per heavy atom. The van der Waals surface area contributed by atoms with Gasteiger partial charge in [0.1, 0.15) is 40.0 Å². The molecule has 7 aliphatic rings. The Morgan fingerprint density at radius 3 is 1.16 bits per heavy atom. The standard InChI is InChI=1S/C28H28N6.C26H36N6.C25H31F3N6.C25H34N6/c1-21-9-7-15-29-28(21)26-13-6-12-25(23-20-32-17-5-4-14-27(32)31-23)33(26)19-22-10-2-3-11-24(22)34-18-8-16-30-34;1-19(2)30-14-16-31(17-15-30)25-12-6-11-24-28-21(18-32(24)25)22-9-5-10-23(29(22)4)26-20(3)8-7-13-27-26;1-18-6-5-11-29-24(18)21-8-3-7-20(31(21)2)19-16-34-22(30-19)9-4-10-23(34)33-14-12-32(13-15-33)17-25(26,27)28;1-4-29-14-16-30(17-15-29)24-12-6-11-23-27-20(18-31(23)24)21-9-5-10-22(28(21)3)25-19(2)8-7-13-26-25/h2-5,7-11,14-18,20,25-26H,6,12-13,19H2,1H3;6-8,11-13,18-19,22-23H,5,9-10,14-17H2,1-4H3;4-6,9-11,16,20-21H,3,7-8,12-15,17H2,1-2H3;6-8,11-13,18,21-22H,4-5,9-10,14-17H2,1-3H3/t25-,26+;22-,23+;20-,21+;21-,22+/m1111/s1. The normalized spacial score (nSPS) is 22.2. The first-order valence-electron chi connectivity index (χ1n) is 47.8. The smallest absolute Gasteiger partial charge is 0.355 e. The summed E-state index contributed by atoms with van der Waals surface area (Å²) in [5.41, 5.74) is 20.6. The van der Waals surface area contributed by atoms with Crippen LogP contribution in [0.3, 0.4) is 0 Å². The number of piperidine rings is 4. The number of benzene rings is 1. The van der Waals surface area contributed by atoms with E-state index >= 15 is 0 Å². The summed E-state index contributed by atoms with van der Waals surface area (Å²) >= 11 is 0. The van der Waals surface area contributed by atoms with Gasteiger partial charge < -0.3 is 24.0 Å². The van der Waals surface area contributed by atoms with Crippen LogP contribution < -0.4 is 14.7 Å². The topological polar surface area (TPSA) is 171 Å². The molecule has 686 valence electrons. The molecule has 0 aliphatic carbocycles. The van der Waals surface area contributed by atoms with Crippen LogP contribution in [0.1, 0.15) is 220 Å². The number of aromatic nitrogens is 14. The molecule has 0 saturated carbocycles. The Morgan fingerprint density at radius 1 is 0.366 bits per heavy atom.